The fourth-order valence-corrected chi connectivity index (χ4v) is 35.4. The first kappa shape index (κ1) is 71.4. The lowest BCUT2D eigenvalue weighted by Crippen LogP contribution is -2.89. The monoisotopic (exact) mass is 1510 g/mol. The summed E-state index contributed by atoms with van der Waals surface area (Å²) in [6.45, 7) is 31.3. The Kier molecular flexibility index (Phi) is 12.6. The number of epoxide rings is 1. The molecule has 16 aliphatic carbocycles. The largest absolute Gasteiger partial charge is 0.483 e. The summed E-state index contributed by atoms with van der Waals surface area (Å²) in [6.07, 6.45) is -6.39. The van der Waals surface area contributed by atoms with Gasteiger partial charge in [-0.25, -0.2) is 0 Å². The number of ether oxygens (including phenoxy) is 7. The average Bonchev–Trinajstić information content (AvgIpc) is 1.46. The maximum Gasteiger partial charge on any atom is 0.208 e. The molecular formula is C84H104O25. The van der Waals surface area contributed by atoms with Crippen molar-refractivity contribution in [3.63, 3.8) is 0 Å². The highest BCUT2D eigenvalue weighted by Gasteiger charge is 3.00. The van der Waals surface area contributed by atoms with Gasteiger partial charge in [-0.1, -0.05) is 81.7 Å². The molecule has 0 aromatic carbocycles. The number of carbonyl (C=O) groups excluding carboxylic acids is 6. The number of hydrogen-bond acceptors (Lipinski definition) is 25. The maximum atomic E-state index is 16.2. The number of allylic oxidation sites excluding steroid dienone is 1. The lowest BCUT2D eigenvalue weighted by molar-refractivity contribution is -0.474. The molecule has 25 fully saturated rings. The quantitative estimate of drug-likeness (QED) is 0.122. The van der Waals surface area contributed by atoms with Gasteiger partial charge in [-0.15, -0.1) is 0 Å². The van der Waals surface area contributed by atoms with Crippen LogP contribution >= 0.6 is 0 Å². The number of ketones is 6. The number of hydrogen-bond donors (Lipinski definition) is 12. The van der Waals surface area contributed by atoms with Crippen molar-refractivity contribution in [2.45, 2.75) is 253 Å². The van der Waals surface area contributed by atoms with E-state index in [4.69, 9.17) is 33.2 Å². The summed E-state index contributed by atoms with van der Waals surface area (Å²) in [5, 5.41) is 147. The molecule has 36 atom stereocenters. The highest BCUT2D eigenvalue weighted by molar-refractivity contribution is 6.09. The van der Waals surface area contributed by atoms with Gasteiger partial charge in [0.2, 0.25) is 28.9 Å². The van der Waals surface area contributed by atoms with Crippen molar-refractivity contribution in [2.24, 2.45) is 136 Å². The second-order valence-corrected chi connectivity index (χ2v) is 42.6. The highest BCUT2D eigenvalue weighted by Crippen LogP contribution is 2.89. The fraction of sp³-hybridized carbons (Fsp3) is 0.810. The minimum absolute atomic E-state index is 0.0940. The van der Waals surface area contributed by atoms with Gasteiger partial charge < -0.3 is 94.4 Å². The van der Waals surface area contributed by atoms with Crippen molar-refractivity contribution in [1.29, 1.82) is 0 Å². The van der Waals surface area contributed by atoms with Crippen molar-refractivity contribution in [3.8, 4) is 0 Å². The number of rotatable bonds is 0. The van der Waals surface area contributed by atoms with Crippen molar-refractivity contribution < 1.29 is 123 Å². The van der Waals surface area contributed by atoms with Crippen LogP contribution in [0.1, 0.15) is 158 Å². The van der Waals surface area contributed by atoms with Gasteiger partial charge in [0.05, 0.1) is 72.5 Å². The molecule has 0 radical (unpaired) electrons. The van der Waals surface area contributed by atoms with Crippen LogP contribution < -0.4 is 0 Å². The SMILES string of the molecule is C=C1C(=O)[C@]23[C@H](O)[C@H]1CC[C@H]2[C@@]12CO[C@@]3(O)[C@@H](O)[C@@H]1C(C)(C)C[C@]1(CCC3=C(O1)[C@]14CO[C@@](O)([C@@H](O)[C@@H]1C(C)(C)C3)[C@]13C(=O)C(=C)[C@H](CC[C@@H]41)[C@H]3O)C2=O.C=C1C(=O)[C@]23[C@H](O)[C@H]1CC[C@H]2[C@@]12CO[C@@]3(O)[C@@H](O)[C@@H]1C(C)(C)C[C@]1(CC[C@@]34CC(C)(C)[C@H]5[C@H](O)[C@]6(O)OC[C@@]5([C@@H]5CC[C@H]7C(=C)C(=O)[C@]56[C@@H]7O)[C@]3(O1)O4)C2=O. The lowest BCUT2D eigenvalue weighted by Gasteiger charge is -2.76. The lowest BCUT2D eigenvalue weighted by atomic mass is 9.33. The summed E-state index contributed by atoms with van der Waals surface area (Å²) < 4.78 is 47.2. The minimum Gasteiger partial charge on any atom is -0.483 e. The first-order chi connectivity index (χ1) is 50.7. The third-order valence-electron chi connectivity index (χ3n) is 37.8. The Morgan fingerprint density at radius 1 is 0.367 bits per heavy atom. The van der Waals surface area contributed by atoms with Gasteiger partial charge in [0, 0.05) is 47.3 Å². The first-order valence-corrected chi connectivity index (χ1v) is 40.5. The number of Topliss-reactive ketones (excluding diaryl/α,β-unsaturated/α-hetero) is 6. The molecule has 11 aliphatic heterocycles. The smallest absolute Gasteiger partial charge is 0.208 e. The number of fused-ring (bicyclic) bond motifs is 8. The van der Waals surface area contributed by atoms with Gasteiger partial charge in [-0.2, -0.15) is 0 Å². The molecule has 0 aromatic rings. The van der Waals surface area contributed by atoms with E-state index in [0.29, 0.717) is 82.8 Å². The molecule has 590 valence electrons. The van der Waals surface area contributed by atoms with E-state index in [-0.39, 0.29) is 86.0 Å². The Morgan fingerprint density at radius 2 is 0.716 bits per heavy atom. The molecule has 16 bridgehead atoms. The minimum atomic E-state index is -2.44. The Balaban J connectivity index is 0.000000135. The van der Waals surface area contributed by atoms with Gasteiger partial charge in [0.1, 0.15) is 63.0 Å². The van der Waals surface area contributed by atoms with Gasteiger partial charge in [-0.3, -0.25) is 28.8 Å². The van der Waals surface area contributed by atoms with Gasteiger partial charge >= 0.3 is 0 Å². The zero-order valence-corrected chi connectivity index (χ0v) is 63.2. The summed E-state index contributed by atoms with van der Waals surface area (Å²) >= 11 is 0. The predicted octanol–water partition coefficient (Wildman–Crippen LogP) is 2.48. The molecule has 109 heavy (non-hydrogen) atoms. The van der Waals surface area contributed by atoms with Crippen molar-refractivity contribution in [1.82, 2.24) is 0 Å². The summed E-state index contributed by atoms with van der Waals surface area (Å²) in [5.74, 6) is -22.4. The first-order valence-electron chi connectivity index (χ1n) is 40.5. The van der Waals surface area contributed by atoms with Crippen molar-refractivity contribution in [2.75, 3.05) is 26.4 Å². The number of carbonyl (C=O) groups is 6. The molecule has 25 nitrogen and oxygen atoms in total. The third kappa shape index (κ3) is 6.25. The summed E-state index contributed by atoms with van der Waals surface area (Å²) in [4.78, 5) is 90.0. The van der Waals surface area contributed by atoms with Crippen LogP contribution in [0.3, 0.4) is 0 Å². The normalized spacial score (nSPS) is 62.1. The van der Waals surface area contributed by atoms with Crippen LogP contribution in [0.5, 0.6) is 0 Å². The van der Waals surface area contributed by atoms with E-state index in [1.165, 1.54) is 0 Å². The summed E-state index contributed by atoms with van der Waals surface area (Å²) in [6, 6.07) is 0. The summed E-state index contributed by atoms with van der Waals surface area (Å²) in [5.41, 5.74) is -18.8. The topological polar surface area (TPSA) is 413 Å². The summed E-state index contributed by atoms with van der Waals surface area (Å²) in [7, 11) is 0. The highest BCUT2D eigenvalue weighted by atomic mass is 16.8. The van der Waals surface area contributed by atoms with E-state index in [9.17, 15) is 80.5 Å². The van der Waals surface area contributed by atoms with E-state index < -0.39 is 254 Å². The molecule has 10 saturated heterocycles. The average molecular weight is 1510 g/mol. The van der Waals surface area contributed by atoms with E-state index >= 15 is 9.59 Å². The second kappa shape index (κ2) is 19.2. The fourth-order valence-electron chi connectivity index (χ4n) is 35.4. The molecule has 0 amide bonds. The Labute approximate surface area is 630 Å². The van der Waals surface area contributed by atoms with E-state index in [2.05, 4.69) is 26.3 Å². The zero-order valence-electron chi connectivity index (χ0n) is 63.2. The van der Waals surface area contributed by atoms with Crippen LogP contribution in [0.15, 0.2) is 59.9 Å². The number of aliphatic hydroxyl groups excluding tert-OH is 8. The maximum absolute atomic E-state index is 16.2. The van der Waals surface area contributed by atoms with Gasteiger partial charge in [0.25, 0.3) is 0 Å². The molecule has 0 unspecified atom stereocenters. The molecular weight excluding hydrogens is 1410 g/mol. The van der Waals surface area contributed by atoms with Crippen LogP contribution in [-0.2, 0) is 61.9 Å². The van der Waals surface area contributed by atoms with Gasteiger partial charge in [-0.05, 0) is 176 Å². The Bertz CT molecular complexity index is 4530. The van der Waals surface area contributed by atoms with Crippen LogP contribution in [0, 0.1) is 136 Å². The zero-order chi connectivity index (χ0) is 77.6. The molecule has 25 heteroatoms. The predicted molar refractivity (Wildman–Crippen MR) is 370 cm³/mol. The second-order valence-electron chi connectivity index (χ2n) is 42.6. The van der Waals surface area contributed by atoms with Gasteiger partial charge in [0.15, 0.2) is 40.3 Å². The van der Waals surface area contributed by atoms with Crippen molar-refractivity contribution in [3.05, 3.63) is 59.9 Å². The molecule has 15 saturated carbocycles. The van der Waals surface area contributed by atoms with Crippen LogP contribution in [0.2, 0.25) is 0 Å². The Hall–Kier alpha value is -4.20. The molecule has 27 aliphatic rings. The molecule has 10 spiro atoms. The third-order valence-corrected chi connectivity index (χ3v) is 37.8. The molecule has 27 rings (SSSR count). The van der Waals surface area contributed by atoms with E-state index in [1.807, 2.05) is 55.4 Å². The molecule has 11 heterocycles. The Morgan fingerprint density at radius 3 is 1.16 bits per heavy atom. The van der Waals surface area contributed by atoms with Crippen LogP contribution in [0.4, 0.5) is 0 Å². The van der Waals surface area contributed by atoms with Crippen LogP contribution in [-0.4, -0.2) is 217 Å². The standard InChI is InChI=1S/C42H52O13.C42H52O12/c1-17-19-7-9-21-36-15-52-40(50,38(21,25(17)43)27(19)45)29(47)23(36)32(3,4)13-34(31(36)49)11-12-35-14-33(5,6)24-30(48)41(51)39-22(10-8-20(28(39)46)18(2)26(39)44)37(24,16-53-41)42(35,54-34)55-35;1-17-20-7-9-22-37-15-52-41(50,39(22,26(17)43)28(20)45)30(47)24(37)34(3,4)13-19-11-12-36(54-32(19)37)14-35(5,6)25-31(48)42(51)40-23(38(25,16-53-42)33(36)49)10-8-21(29(40)46)18(2)27(40)44/h19-24,27-30,45-48,50-51H,1-2,7-16H2,3-6H3;20-25,28-31,45-48,50-51H,1-2,7-16H2,3-6H3/t19-,20-,21-,22-,23+,24+,27+,28+,29-,30-,34+,35+,36-,37-,38-,39-,40-,41-,42+;20-,21-,22-,23-,24+,25+,28+,29+,30-,31-,36+,37-,38-,39-,40-,41-,42-/m00/s1. The number of aliphatic hydroxyl groups is 12. The van der Waals surface area contributed by atoms with Crippen molar-refractivity contribution >= 4 is 34.7 Å². The van der Waals surface area contributed by atoms with E-state index in [0.717, 1.165) is 5.57 Å². The molecule has 0 aromatic heterocycles. The van der Waals surface area contributed by atoms with E-state index in [1.54, 1.807) is 0 Å². The van der Waals surface area contributed by atoms with Crippen LogP contribution in [0.25, 0.3) is 0 Å². The molecule has 12 N–H and O–H groups in total.